The van der Waals surface area contributed by atoms with Crippen LogP contribution >= 0.6 is 15.9 Å². The molecule has 1 aromatic rings. The lowest BCUT2D eigenvalue weighted by Gasteiger charge is -2.27. The minimum atomic E-state index is -0.119. The van der Waals surface area contributed by atoms with Gasteiger partial charge in [0.25, 0.3) is 0 Å². The summed E-state index contributed by atoms with van der Waals surface area (Å²) in [6.07, 6.45) is 1.84. The highest BCUT2D eigenvalue weighted by molar-refractivity contribution is 9.10. The summed E-state index contributed by atoms with van der Waals surface area (Å²) in [6, 6.07) is 5.71. The molecule has 0 bridgehead atoms. The van der Waals surface area contributed by atoms with Crippen LogP contribution in [0.25, 0.3) is 0 Å². The normalized spacial score (nSPS) is 10.4. The summed E-state index contributed by atoms with van der Waals surface area (Å²) < 4.78 is 0.960. The molecule has 0 aliphatic heterocycles. The number of nitrogens with zero attached hydrogens (tertiary/aromatic N) is 2. The maximum atomic E-state index is 12.5. The summed E-state index contributed by atoms with van der Waals surface area (Å²) in [5.74, 6) is -0.118. The van der Waals surface area contributed by atoms with E-state index in [0.717, 1.165) is 41.7 Å². The van der Waals surface area contributed by atoms with Gasteiger partial charge in [0.1, 0.15) is 6.54 Å². The number of anilines is 1. The number of aryl methyl sites for hydroxylation is 1. The molecule has 1 aromatic carbocycles. The van der Waals surface area contributed by atoms with Gasteiger partial charge in [-0.05, 0) is 43.5 Å². The Morgan fingerprint density at radius 1 is 1.14 bits per heavy atom. The fourth-order valence-corrected chi connectivity index (χ4v) is 2.90. The number of halogens is 1. The molecule has 0 fully saturated rings. The fraction of sp³-hybridized carbons (Fsp3) is 0.529. The maximum absolute atomic E-state index is 12.5. The highest BCUT2D eigenvalue weighted by atomic mass is 79.9. The average Bonchev–Trinajstić information content (AvgIpc) is 2.44. The molecule has 0 radical (unpaired) electrons. The first-order valence-corrected chi connectivity index (χ1v) is 8.52. The molecule has 0 atom stereocenters. The number of rotatable bonds is 7. The van der Waals surface area contributed by atoms with Crippen molar-refractivity contribution >= 4 is 33.4 Å². The van der Waals surface area contributed by atoms with Crippen molar-refractivity contribution in [2.75, 3.05) is 24.5 Å². The number of carbonyl (C=O) groups is 2. The van der Waals surface area contributed by atoms with Crippen LogP contribution in [0.15, 0.2) is 22.7 Å². The Morgan fingerprint density at radius 2 is 1.73 bits per heavy atom. The van der Waals surface area contributed by atoms with Gasteiger partial charge in [-0.15, -0.1) is 0 Å². The van der Waals surface area contributed by atoms with Crippen molar-refractivity contribution in [3.63, 3.8) is 0 Å². The summed E-state index contributed by atoms with van der Waals surface area (Å²) in [4.78, 5) is 27.9. The third kappa shape index (κ3) is 5.13. The summed E-state index contributed by atoms with van der Waals surface area (Å²) in [6.45, 7) is 9.11. The van der Waals surface area contributed by atoms with Crippen LogP contribution < -0.4 is 4.90 Å². The molecule has 0 aliphatic rings. The van der Waals surface area contributed by atoms with E-state index < -0.39 is 0 Å². The van der Waals surface area contributed by atoms with Crippen molar-refractivity contribution in [2.24, 2.45) is 0 Å². The van der Waals surface area contributed by atoms with Gasteiger partial charge in [0.2, 0.25) is 11.8 Å². The van der Waals surface area contributed by atoms with Gasteiger partial charge in [-0.25, -0.2) is 0 Å². The first-order valence-electron chi connectivity index (χ1n) is 7.72. The lowest BCUT2D eigenvalue weighted by Crippen LogP contribution is -2.43. The first kappa shape index (κ1) is 18.7. The summed E-state index contributed by atoms with van der Waals surface area (Å²) >= 11 is 3.42. The lowest BCUT2D eigenvalue weighted by atomic mass is 10.1. The van der Waals surface area contributed by atoms with Crippen LogP contribution in [0.4, 0.5) is 5.69 Å². The van der Waals surface area contributed by atoms with Crippen LogP contribution in [0, 0.1) is 6.92 Å². The fourth-order valence-electron chi connectivity index (χ4n) is 2.42. The topological polar surface area (TPSA) is 40.6 Å². The molecule has 22 heavy (non-hydrogen) atoms. The molecule has 2 amide bonds. The molecule has 0 heterocycles. The minimum Gasteiger partial charge on any atom is -0.341 e. The van der Waals surface area contributed by atoms with E-state index in [0.29, 0.717) is 0 Å². The van der Waals surface area contributed by atoms with E-state index in [4.69, 9.17) is 0 Å². The van der Waals surface area contributed by atoms with Crippen LogP contribution in [-0.4, -0.2) is 36.3 Å². The number of hydrogen-bond donors (Lipinski definition) is 0. The summed E-state index contributed by atoms with van der Waals surface area (Å²) in [5, 5.41) is 0. The Bertz CT molecular complexity index is 525. The Morgan fingerprint density at radius 3 is 2.18 bits per heavy atom. The molecule has 5 heteroatoms. The predicted molar refractivity (Wildman–Crippen MR) is 94.1 cm³/mol. The van der Waals surface area contributed by atoms with Gasteiger partial charge in [-0.3, -0.25) is 9.59 Å². The second-order valence-corrected chi connectivity index (χ2v) is 6.33. The van der Waals surface area contributed by atoms with Crippen LogP contribution in [0.5, 0.6) is 0 Å². The quantitative estimate of drug-likeness (QED) is 0.734. The number of hydrogen-bond acceptors (Lipinski definition) is 2. The monoisotopic (exact) mass is 368 g/mol. The van der Waals surface area contributed by atoms with Crippen molar-refractivity contribution in [1.82, 2.24) is 4.90 Å². The highest BCUT2D eigenvalue weighted by Crippen LogP contribution is 2.24. The summed E-state index contributed by atoms with van der Waals surface area (Å²) in [7, 11) is 0. The third-order valence-corrected chi connectivity index (χ3v) is 3.96. The van der Waals surface area contributed by atoms with Crippen molar-refractivity contribution in [2.45, 2.75) is 40.5 Å². The van der Waals surface area contributed by atoms with E-state index in [-0.39, 0.29) is 18.4 Å². The van der Waals surface area contributed by atoms with Gasteiger partial charge >= 0.3 is 0 Å². The Labute approximate surface area is 141 Å². The molecular formula is C17H25BrN2O2. The molecule has 1 rings (SSSR count). The molecular weight excluding hydrogens is 344 g/mol. The van der Waals surface area contributed by atoms with Crippen molar-refractivity contribution in [1.29, 1.82) is 0 Å². The molecule has 0 aliphatic carbocycles. The van der Waals surface area contributed by atoms with Crippen molar-refractivity contribution in [3.05, 3.63) is 28.2 Å². The highest BCUT2D eigenvalue weighted by Gasteiger charge is 2.21. The van der Waals surface area contributed by atoms with Gasteiger partial charge in [-0.2, -0.15) is 0 Å². The van der Waals surface area contributed by atoms with Gasteiger partial charge in [0.15, 0.2) is 0 Å². The van der Waals surface area contributed by atoms with Crippen LogP contribution in [-0.2, 0) is 9.59 Å². The van der Waals surface area contributed by atoms with E-state index in [2.05, 4.69) is 29.8 Å². The van der Waals surface area contributed by atoms with E-state index in [1.54, 1.807) is 4.90 Å². The smallest absolute Gasteiger partial charge is 0.242 e. The van der Waals surface area contributed by atoms with E-state index >= 15 is 0 Å². The average molecular weight is 369 g/mol. The molecule has 4 nitrogen and oxygen atoms in total. The largest absolute Gasteiger partial charge is 0.341 e. The predicted octanol–water partition coefficient (Wildman–Crippen LogP) is 3.76. The van der Waals surface area contributed by atoms with Crippen LogP contribution in [0.1, 0.15) is 39.2 Å². The molecule has 122 valence electrons. The van der Waals surface area contributed by atoms with Gasteiger partial charge < -0.3 is 9.80 Å². The Balaban J connectivity index is 2.96. The van der Waals surface area contributed by atoms with E-state index in [1.165, 1.54) is 6.92 Å². The summed E-state index contributed by atoms with van der Waals surface area (Å²) in [5.41, 5.74) is 1.76. The zero-order chi connectivity index (χ0) is 16.7. The van der Waals surface area contributed by atoms with Gasteiger partial charge in [-0.1, -0.05) is 29.8 Å². The SMILES string of the molecule is CCCN(CCC)C(=O)CN(C(C)=O)c1ccc(Br)cc1C. The number of benzene rings is 1. The van der Waals surface area contributed by atoms with Gasteiger partial charge in [0, 0.05) is 30.2 Å². The molecule has 0 saturated carbocycles. The van der Waals surface area contributed by atoms with Crippen LogP contribution in [0.2, 0.25) is 0 Å². The number of amides is 2. The third-order valence-electron chi connectivity index (χ3n) is 3.46. The van der Waals surface area contributed by atoms with Crippen LogP contribution in [0.3, 0.4) is 0 Å². The molecule has 0 aromatic heterocycles. The zero-order valence-electron chi connectivity index (χ0n) is 13.9. The van der Waals surface area contributed by atoms with Crippen molar-refractivity contribution in [3.8, 4) is 0 Å². The van der Waals surface area contributed by atoms with E-state index in [1.807, 2.05) is 30.0 Å². The molecule has 0 spiro atoms. The second kappa shape index (κ2) is 8.93. The lowest BCUT2D eigenvalue weighted by molar-refractivity contribution is -0.131. The number of carbonyl (C=O) groups excluding carboxylic acids is 2. The molecule has 0 unspecified atom stereocenters. The van der Waals surface area contributed by atoms with Crippen molar-refractivity contribution < 1.29 is 9.59 Å². The van der Waals surface area contributed by atoms with E-state index in [9.17, 15) is 9.59 Å². The Kier molecular flexibility index (Phi) is 7.59. The molecule has 0 N–H and O–H groups in total. The molecule has 0 saturated heterocycles. The second-order valence-electron chi connectivity index (χ2n) is 5.42. The Hall–Kier alpha value is -1.36. The maximum Gasteiger partial charge on any atom is 0.242 e. The minimum absolute atomic E-state index is 0.00113. The standard InChI is InChI=1S/C17H25BrN2O2/c1-5-9-19(10-6-2)17(22)12-20(14(4)21)16-8-7-15(18)11-13(16)3/h7-8,11H,5-6,9-10,12H2,1-4H3. The van der Waals surface area contributed by atoms with Gasteiger partial charge in [0.05, 0.1) is 0 Å². The first-order chi connectivity index (χ1) is 10.4. The zero-order valence-corrected chi connectivity index (χ0v) is 15.4.